The van der Waals surface area contributed by atoms with Crippen molar-refractivity contribution in [3.8, 4) is 0 Å². The van der Waals surface area contributed by atoms with E-state index in [0.717, 1.165) is 11.2 Å². The SMILES string of the molecule is [B]C1=C(C)NC(C)C(B=C(C)C)=C1N. The van der Waals surface area contributed by atoms with Gasteiger partial charge in [-0.15, -0.1) is 0 Å². The van der Waals surface area contributed by atoms with Gasteiger partial charge in [-0.3, -0.25) is 0 Å². The van der Waals surface area contributed by atoms with Crippen LogP contribution >= 0.6 is 0 Å². The number of nitrogens with one attached hydrogen (secondary N) is 1. The van der Waals surface area contributed by atoms with Crippen molar-refractivity contribution in [3.63, 3.8) is 0 Å². The third-order valence-corrected chi connectivity index (χ3v) is 2.35. The van der Waals surface area contributed by atoms with Crippen LogP contribution in [-0.4, -0.2) is 26.3 Å². The summed E-state index contributed by atoms with van der Waals surface area (Å²) in [5, 5.41) is 3.29. The van der Waals surface area contributed by atoms with Crippen LogP contribution in [0.25, 0.3) is 0 Å². The molecule has 72 valence electrons. The van der Waals surface area contributed by atoms with E-state index in [4.69, 9.17) is 13.6 Å². The van der Waals surface area contributed by atoms with E-state index in [-0.39, 0.29) is 6.04 Å². The molecule has 0 aromatic heterocycles. The molecule has 1 heterocycles. The Labute approximate surface area is 88.0 Å². The molecule has 0 saturated carbocycles. The van der Waals surface area contributed by atoms with Gasteiger partial charge in [-0.2, -0.15) is 0 Å². The van der Waals surface area contributed by atoms with Crippen LogP contribution in [0.2, 0.25) is 0 Å². The van der Waals surface area contributed by atoms with Crippen LogP contribution in [0.15, 0.2) is 22.3 Å². The first-order valence-electron chi connectivity index (χ1n) is 4.81. The zero-order valence-electron chi connectivity index (χ0n) is 9.31. The Morgan fingerprint density at radius 3 is 2.57 bits per heavy atom. The molecule has 3 N–H and O–H groups in total. The molecule has 1 rings (SSSR count). The van der Waals surface area contributed by atoms with Crippen molar-refractivity contribution >= 4 is 20.2 Å². The van der Waals surface area contributed by atoms with Crippen molar-refractivity contribution in [2.75, 3.05) is 0 Å². The molecule has 1 atom stereocenters. The average molecular weight is 186 g/mol. The molecule has 0 amide bonds. The van der Waals surface area contributed by atoms with E-state index in [1.807, 2.05) is 20.8 Å². The number of hydrogen-bond donors (Lipinski definition) is 2. The van der Waals surface area contributed by atoms with Crippen LogP contribution in [-0.2, 0) is 0 Å². The molecule has 2 radical (unpaired) electrons. The molecule has 2 nitrogen and oxygen atoms in total. The van der Waals surface area contributed by atoms with Crippen molar-refractivity contribution in [2.45, 2.75) is 33.7 Å². The summed E-state index contributed by atoms with van der Waals surface area (Å²) in [6.07, 6.45) is 0. The van der Waals surface area contributed by atoms with Crippen molar-refractivity contribution in [1.29, 1.82) is 0 Å². The maximum absolute atomic E-state index is 5.96. The molecule has 1 aliphatic heterocycles. The Balaban J connectivity index is 3.18. The monoisotopic (exact) mass is 186 g/mol. The average Bonchev–Trinajstić information content (AvgIpc) is 2.09. The van der Waals surface area contributed by atoms with Gasteiger partial charge in [0.2, 0.25) is 0 Å². The van der Waals surface area contributed by atoms with Gasteiger partial charge in [0.15, 0.2) is 0 Å². The third-order valence-electron chi connectivity index (χ3n) is 2.35. The molecule has 1 aliphatic rings. The summed E-state index contributed by atoms with van der Waals surface area (Å²) >= 11 is 0. The van der Waals surface area contributed by atoms with Gasteiger partial charge in [-0.1, -0.05) is 0 Å². The minimum absolute atomic E-state index is 0.234. The van der Waals surface area contributed by atoms with Crippen LogP contribution in [0, 0.1) is 0 Å². The maximum atomic E-state index is 5.96. The second kappa shape index (κ2) is 4.07. The normalized spacial score (nSPS) is 21.9. The van der Waals surface area contributed by atoms with Gasteiger partial charge in [0.1, 0.15) is 0 Å². The van der Waals surface area contributed by atoms with Gasteiger partial charge in [0.05, 0.1) is 0 Å². The zero-order chi connectivity index (χ0) is 10.9. The first-order valence-corrected chi connectivity index (χ1v) is 4.81. The second-order valence-corrected chi connectivity index (χ2v) is 4.00. The summed E-state index contributed by atoms with van der Waals surface area (Å²) in [6, 6.07) is 0.234. The molecule has 1 unspecified atom stereocenters. The van der Waals surface area contributed by atoms with Gasteiger partial charge in [-0.05, 0) is 0 Å². The molecular formula is C10H16B2N2. The topological polar surface area (TPSA) is 38.0 Å². The van der Waals surface area contributed by atoms with Crippen LogP contribution in [0.1, 0.15) is 27.7 Å². The first kappa shape index (κ1) is 11.2. The van der Waals surface area contributed by atoms with Crippen LogP contribution < -0.4 is 11.1 Å². The van der Waals surface area contributed by atoms with Crippen molar-refractivity contribution < 1.29 is 0 Å². The summed E-state index contributed by atoms with van der Waals surface area (Å²) in [6.45, 7) is 10.2. The summed E-state index contributed by atoms with van der Waals surface area (Å²) in [4.78, 5) is 0. The van der Waals surface area contributed by atoms with E-state index in [0.29, 0.717) is 11.2 Å². The quantitative estimate of drug-likeness (QED) is 0.583. The van der Waals surface area contributed by atoms with E-state index >= 15 is 0 Å². The predicted octanol–water partition coefficient (Wildman–Crippen LogP) is 0.465. The Morgan fingerprint density at radius 2 is 2.07 bits per heavy atom. The number of rotatable bonds is 1. The predicted molar refractivity (Wildman–Crippen MR) is 64.4 cm³/mol. The number of nitrogens with two attached hydrogens (primary N) is 1. The Morgan fingerprint density at radius 1 is 1.50 bits per heavy atom. The Hall–Kier alpha value is -0.920. The first-order chi connectivity index (χ1) is 6.43. The van der Waals surface area contributed by atoms with E-state index in [1.54, 1.807) is 0 Å². The molecule has 0 aliphatic carbocycles. The summed E-state index contributed by atoms with van der Waals surface area (Å²) in [5.74, 6) is 0. The standard InChI is InChI=1S/C10H16B2N2/c1-5(2)12-9-7(4)14-6(3)8(11)10(9)13/h7,14H,13H2,1-4H3. The molecule has 0 bridgehead atoms. The molecule has 0 spiro atoms. The summed E-state index contributed by atoms with van der Waals surface area (Å²) < 4.78 is 0. The minimum atomic E-state index is 0.234. The van der Waals surface area contributed by atoms with Gasteiger partial charge >= 0.3 is 87.4 Å². The van der Waals surface area contributed by atoms with Crippen LogP contribution in [0.4, 0.5) is 0 Å². The van der Waals surface area contributed by atoms with Gasteiger partial charge in [-0.25, -0.2) is 0 Å². The summed E-state index contributed by atoms with van der Waals surface area (Å²) in [7, 11) is 5.86. The summed E-state index contributed by atoms with van der Waals surface area (Å²) in [5.41, 5.74) is 10.6. The van der Waals surface area contributed by atoms with Crippen LogP contribution in [0.5, 0.6) is 0 Å². The second-order valence-electron chi connectivity index (χ2n) is 4.00. The molecule has 4 heteroatoms. The van der Waals surface area contributed by atoms with Gasteiger partial charge in [0.25, 0.3) is 0 Å². The molecule has 14 heavy (non-hydrogen) atoms. The van der Waals surface area contributed by atoms with Crippen LogP contribution in [0.3, 0.4) is 0 Å². The van der Waals surface area contributed by atoms with Gasteiger partial charge in [0, 0.05) is 0 Å². The molecule has 0 aromatic carbocycles. The van der Waals surface area contributed by atoms with Crippen molar-refractivity contribution in [2.24, 2.45) is 5.73 Å². The fourth-order valence-electron chi connectivity index (χ4n) is 1.58. The van der Waals surface area contributed by atoms with E-state index in [2.05, 4.69) is 19.2 Å². The Kier molecular flexibility index (Phi) is 3.25. The van der Waals surface area contributed by atoms with Crippen molar-refractivity contribution in [1.82, 2.24) is 5.32 Å². The fraction of sp³-hybridized carbons (Fsp3) is 0.500. The number of allylic oxidation sites excluding steroid dienone is 2. The van der Waals surface area contributed by atoms with Gasteiger partial charge < -0.3 is 0 Å². The fourth-order valence-corrected chi connectivity index (χ4v) is 1.58. The zero-order valence-corrected chi connectivity index (χ0v) is 9.31. The Bertz CT molecular complexity index is 336. The van der Waals surface area contributed by atoms with E-state index in [1.165, 1.54) is 5.46 Å². The molecular weight excluding hydrogens is 170 g/mol. The molecule has 0 fully saturated rings. The van der Waals surface area contributed by atoms with E-state index < -0.39 is 0 Å². The molecule has 0 saturated heterocycles. The van der Waals surface area contributed by atoms with Crippen molar-refractivity contribution in [3.05, 3.63) is 22.3 Å². The third kappa shape index (κ3) is 2.11. The number of hydrogen-bond acceptors (Lipinski definition) is 2. The molecule has 0 aromatic rings. The number of dihydropyridines is 1. The van der Waals surface area contributed by atoms with E-state index in [9.17, 15) is 0 Å².